The molecular weight excluding hydrogens is 310 g/mol. The number of carbonyl (C=O) groups excluding carboxylic acids is 1. The summed E-state index contributed by atoms with van der Waals surface area (Å²) in [7, 11) is 0. The molecule has 2 amide bonds. The summed E-state index contributed by atoms with van der Waals surface area (Å²) in [5.74, 6) is 1.07. The van der Waals surface area contributed by atoms with E-state index in [2.05, 4.69) is 30.9 Å². The molecule has 9 heteroatoms. The van der Waals surface area contributed by atoms with Gasteiger partial charge in [-0.1, -0.05) is 35.5 Å². The molecule has 3 aromatic rings. The van der Waals surface area contributed by atoms with Gasteiger partial charge in [-0.05, 0) is 19.4 Å². The van der Waals surface area contributed by atoms with Crippen molar-refractivity contribution in [3.05, 3.63) is 53.9 Å². The number of nitrogens with zero attached hydrogens (tertiary/aromatic N) is 5. The van der Waals surface area contributed by atoms with E-state index in [1.165, 1.54) is 0 Å². The standard InChI is InChI=1S/C15H17N7O2/c1-10(13-18-11(2)21-24-13)17-15(23)19-14-16-9-22(20-14)8-12-6-4-3-5-7-12/h3-7,9-10H,8H2,1-2H3,(H2,17,19,20,23). The zero-order valence-electron chi connectivity index (χ0n) is 13.3. The fourth-order valence-corrected chi connectivity index (χ4v) is 2.08. The lowest BCUT2D eigenvalue weighted by Gasteiger charge is -2.09. The van der Waals surface area contributed by atoms with E-state index in [9.17, 15) is 4.79 Å². The molecule has 0 saturated carbocycles. The number of carbonyl (C=O) groups is 1. The number of amides is 2. The SMILES string of the molecule is Cc1noc(C(C)NC(=O)Nc2ncn(Cc3ccccc3)n2)n1. The number of nitrogens with one attached hydrogen (secondary N) is 2. The Morgan fingerprint density at radius 1 is 1.33 bits per heavy atom. The van der Waals surface area contributed by atoms with Crippen molar-refractivity contribution >= 4 is 12.0 Å². The number of aryl methyl sites for hydroxylation is 1. The monoisotopic (exact) mass is 327 g/mol. The minimum Gasteiger partial charge on any atom is -0.337 e. The maximum absolute atomic E-state index is 12.0. The zero-order chi connectivity index (χ0) is 16.9. The summed E-state index contributed by atoms with van der Waals surface area (Å²) in [4.78, 5) is 20.1. The minimum absolute atomic E-state index is 0.220. The highest BCUT2D eigenvalue weighted by Crippen LogP contribution is 2.09. The van der Waals surface area contributed by atoms with Crippen molar-refractivity contribution in [3.8, 4) is 0 Å². The molecule has 1 atom stereocenters. The Balaban J connectivity index is 1.55. The molecule has 1 unspecified atom stereocenters. The van der Waals surface area contributed by atoms with Crippen LogP contribution in [0.1, 0.15) is 30.2 Å². The Morgan fingerprint density at radius 3 is 2.83 bits per heavy atom. The third-order valence-corrected chi connectivity index (χ3v) is 3.21. The molecule has 2 heterocycles. The lowest BCUT2D eigenvalue weighted by Crippen LogP contribution is -2.31. The molecule has 0 aliphatic carbocycles. The molecule has 1 aromatic carbocycles. The topological polar surface area (TPSA) is 111 Å². The predicted molar refractivity (Wildman–Crippen MR) is 85.2 cm³/mol. The van der Waals surface area contributed by atoms with Crippen LogP contribution in [-0.2, 0) is 6.54 Å². The van der Waals surface area contributed by atoms with Gasteiger partial charge in [0.25, 0.3) is 0 Å². The normalized spacial score (nSPS) is 11.9. The fraction of sp³-hybridized carbons (Fsp3) is 0.267. The highest BCUT2D eigenvalue weighted by atomic mass is 16.5. The summed E-state index contributed by atoms with van der Waals surface area (Å²) < 4.78 is 6.66. The first-order valence-electron chi connectivity index (χ1n) is 7.41. The number of benzene rings is 1. The number of hydrogen-bond acceptors (Lipinski definition) is 6. The van der Waals surface area contributed by atoms with Crippen LogP contribution in [0, 0.1) is 6.92 Å². The highest BCUT2D eigenvalue weighted by Gasteiger charge is 2.16. The molecule has 0 bridgehead atoms. The lowest BCUT2D eigenvalue weighted by atomic mass is 10.2. The van der Waals surface area contributed by atoms with Gasteiger partial charge in [0.1, 0.15) is 12.4 Å². The maximum atomic E-state index is 12.0. The van der Waals surface area contributed by atoms with Gasteiger partial charge in [0.15, 0.2) is 5.82 Å². The number of aromatic nitrogens is 5. The largest absolute Gasteiger partial charge is 0.337 e. The van der Waals surface area contributed by atoms with Crippen LogP contribution >= 0.6 is 0 Å². The second kappa shape index (κ2) is 6.90. The Kier molecular flexibility index (Phi) is 4.50. The second-order valence-corrected chi connectivity index (χ2v) is 5.25. The summed E-state index contributed by atoms with van der Waals surface area (Å²) in [6.45, 7) is 4.03. The van der Waals surface area contributed by atoms with E-state index >= 15 is 0 Å². The molecular formula is C15H17N7O2. The van der Waals surface area contributed by atoms with Gasteiger partial charge < -0.3 is 9.84 Å². The number of hydrogen-bond donors (Lipinski definition) is 2. The Morgan fingerprint density at radius 2 is 2.12 bits per heavy atom. The van der Waals surface area contributed by atoms with Gasteiger partial charge >= 0.3 is 6.03 Å². The van der Waals surface area contributed by atoms with Gasteiger partial charge in [0.2, 0.25) is 11.8 Å². The van der Waals surface area contributed by atoms with Gasteiger partial charge in [-0.3, -0.25) is 5.32 Å². The van der Waals surface area contributed by atoms with Crippen LogP contribution in [0.3, 0.4) is 0 Å². The van der Waals surface area contributed by atoms with Crippen molar-refractivity contribution in [3.63, 3.8) is 0 Å². The predicted octanol–water partition coefficient (Wildman–Crippen LogP) is 1.90. The Bertz CT molecular complexity index is 812. The van der Waals surface area contributed by atoms with Crippen LogP contribution in [0.25, 0.3) is 0 Å². The summed E-state index contributed by atoms with van der Waals surface area (Å²) in [6.07, 6.45) is 1.56. The molecule has 0 fully saturated rings. The van der Waals surface area contributed by atoms with Crippen molar-refractivity contribution in [2.75, 3.05) is 5.32 Å². The molecule has 3 rings (SSSR count). The van der Waals surface area contributed by atoms with Gasteiger partial charge in [0.05, 0.1) is 6.54 Å². The van der Waals surface area contributed by atoms with Crippen molar-refractivity contribution in [2.45, 2.75) is 26.4 Å². The first-order valence-corrected chi connectivity index (χ1v) is 7.41. The highest BCUT2D eigenvalue weighted by molar-refractivity contribution is 5.87. The van der Waals surface area contributed by atoms with Crippen LogP contribution in [0.15, 0.2) is 41.2 Å². The molecule has 9 nitrogen and oxygen atoms in total. The average molecular weight is 327 g/mol. The summed E-state index contributed by atoms with van der Waals surface area (Å²) in [6, 6.07) is 8.99. The molecule has 24 heavy (non-hydrogen) atoms. The third kappa shape index (κ3) is 3.94. The number of anilines is 1. The van der Waals surface area contributed by atoms with E-state index in [4.69, 9.17) is 4.52 Å². The smallest absolute Gasteiger partial charge is 0.322 e. The summed E-state index contributed by atoms with van der Waals surface area (Å²) in [5.41, 5.74) is 1.10. The van der Waals surface area contributed by atoms with Crippen molar-refractivity contribution < 1.29 is 9.32 Å². The molecule has 0 radical (unpaired) electrons. The Hall–Kier alpha value is -3.23. The number of rotatable bonds is 5. The first kappa shape index (κ1) is 15.7. The minimum atomic E-state index is -0.448. The van der Waals surface area contributed by atoms with Crippen LogP contribution < -0.4 is 10.6 Å². The molecule has 124 valence electrons. The van der Waals surface area contributed by atoms with E-state index in [1.54, 1.807) is 24.9 Å². The maximum Gasteiger partial charge on any atom is 0.322 e. The van der Waals surface area contributed by atoms with Crippen molar-refractivity contribution in [2.24, 2.45) is 0 Å². The third-order valence-electron chi connectivity index (χ3n) is 3.21. The molecule has 2 N–H and O–H groups in total. The Labute approximate surface area is 138 Å². The average Bonchev–Trinajstić information content (AvgIpc) is 3.17. The van der Waals surface area contributed by atoms with Crippen molar-refractivity contribution in [1.29, 1.82) is 0 Å². The molecule has 2 aromatic heterocycles. The summed E-state index contributed by atoms with van der Waals surface area (Å²) in [5, 5.41) is 13.2. The second-order valence-electron chi connectivity index (χ2n) is 5.25. The van der Waals surface area contributed by atoms with Crippen LogP contribution in [-0.4, -0.2) is 30.9 Å². The van der Waals surface area contributed by atoms with Crippen LogP contribution in [0.4, 0.5) is 10.7 Å². The summed E-state index contributed by atoms with van der Waals surface area (Å²) >= 11 is 0. The van der Waals surface area contributed by atoms with Crippen molar-refractivity contribution in [1.82, 2.24) is 30.2 Å². The van der Waals surface area contributed by atoms with Crippen LogP contribution in [0.2, 0.25) is 0 Å². The van der Waals surface area contributed by atoms with Crippen LogP contribution in [0.5, 0.6) is 0 Å². The molecule has 0 aliphatic rings. The van der Waals surface area contributed by atoms with E-state index in [0.717, 1.165) is 5.56 Å². The quantitative estimate of drug-likeness (QED) is 0.740. The molecule has 0 spiro atoms. The number of urea groups is 1. The van der Waals surface area contributed by atoms with Gasteiger partial charge in [-0.2, -0.15) is 4.98 Å². The van der Waals surface area contributed by atoms with E-state index in [0.29, 0.717) is 18.3 Å². The first-order chi connectivity index (χ1) is 11.6. The van der Waals surface area contributed by atoms with E-state index in [-0.39, 0.29) is 5.95 Å². The van der Waals surface area contributed by atoms with E-state index in [1.807, 2.05) is 30.3 Å². The zero-order valence-corrected chi connectivity index (χ0v) is 13.3. The molecule has 0 aliphatic heterocycles. The lowest BCUT2D eigenvalue weighted by molar-refractivity contribution is 0.245. The fourth-order valence-electron chi connectivity index (χ4n) is 2.08. The van der Waals surface area contributed by atoms with E-state index < -0.39 is 12.1 Å². The molecule has 0 saturated heterocycles. The van der Waals surface area contributed by atoms with Gasteiger partial charge in [-0.15, -0.1) is 5.10 Å². The van der Waals surface area contributed by atoms with Gasteiger partial charge in [-0.25, -0.2) is 14.5 Å². The van der Waals surface area contributed by atoms with Gasteiger partial charge in [0, 0.05) is 0 Å².